The zero-order valence-corrected chi connectivity index (χ0v) is 23.5. The van der Waals surface area contributed by atoms with Crippen molar-refractivity contribution in [2.24, 2.45) is 0 Å². The number of pyridine rings is 1. The molecule has 0 atom stereocenters. The molecule has 1 N–H and O–H groups in total. The molecular weight excluding hydrogens is 480 g/mol. The minimum absolute atomic E-state index is 0.110. The summed E-state index contributed by atoms with van der Waals surface area (Å²) < 4.78 is 1.69. The van der Waals surface area contributed by atoms with Gasteiger partial charge in [0.1, 0.15) is 5.56 Å². The zero-order chi connectivity index (χ0) is 27.0. The monoisotopic (exact) mass is 514 g/mol. The maximum atomic E-state index is 14.2. The second-order valence-corrected chi connectivity index (χ2v) is 10.7. The lowest BCUT2D eigenvalue weighted by Crippen LogP contribution is -2.31. The van der Waals surface area contributed by atoms with E-state index in [-0.39, 0.29) is 23.0 Å². The predicted octanol–water partition coefficient (Wildman–Crippen LogP) is 8.46. The van der Waals surface area contributed by atoms with Gasteiger partial charge in [-0.3, -0.25) is 9.59 Å². The lowest BCUT2D eigenvalue weighted by Gasteiger charge is -2.22. The van der Waals surface area contributed by atoms with Gasteiger partial charge in [-0.25, -0.2) is 0 Å². The second-order valence-electron chi connectivity index (χ2n) is 10.3. The van der Waals surface area contributed by atoms with Crippen LogP contribution in [0.1, 0.15) is 79.1 Å². The summed E-state index contributed by atoms with van der Waals surface area (Å²) >= 11 is 6.69. The molecule has 0 saturated heterocycles. The number of nitrogens with zero attached hydrogens (tertiary/aromatic N) is 1. The van der Waals surface area contributed by atoms with E-state index in [0.717, 1.165) is 38.8 Å². The number of amides is 1. The molecule has 0 aliphatic carbocycles. The van der Waals surface area contributed by atoms with E-state index in [2.05, 4.69) is 39.1 Å². The SMILES string of the molecule is CCn1c(=O)c(C(=O)Nc2c(C(C)C)cccc2C(C)C)c(-c2ccccc2Cl)c2cc(C)c(C)cc21. The number of para-hydroxylation sites is 1. The van der Waals surface area contributed by atoms with E-state index >= 15 is 0 Å². The average Bonchev–Trinajstić information content (AvgIpc) is 2.85. The van der Waals surface area contributed by atoms with E-state index < -0.39 is 5.91 Å². The topological polar surface area (TPSA) is 51.1 Å². The smallest absolute Gasteiger partial charge is 0.264 e. The second kappa shape index (κ2) is 10.5. The molecule has 1 amide bonds. The van der Waals surface area contributed by atoms with E-state index in [1.807, 2.05) is 63.2 Å². The van der Waals surface area contributed by atoms with Crippen LogP contribution in [-0.2, 0) is 6.54 Å². The summed E-state index contributed by atoms with van der Waals surface area (Å²) in [6, 6.07) is 17.6. The Kier molecular flexibility index (Phi) is 7.61. The molecule has 0 aliphatic rings. The molecule has 37 heavy (non-hydrogen) atoms. The number of fused-ring (bicyclic) bond motifs is 1. The molecule has 4 rings (SSSR count). The number of aromatic nitrogens is 1. The fourth-order valence-electron chi connectivity index (χ4n) is 5.05. The van der Waals surface area contributed by atoms with Gasteiger partial charge in [0, 0.05) is 33.8 Å². The first-order valence-corrected chi connectivity index (χ1v) is 13.3. The van der Waals surface area contributed by atoms with Crippen LogP contribution in [0.15, 0.2) is 59.4 Å². The van der Waals surface area contributed by atoms with Crippen molar-refractivity contribution in [3.05, 3.63) is 97.8 Å². The fraction of sp³-hybridized carbons (Fsp3) is 0.312. The molecule has 0 unspecified atom stereocenters. The maximum Gasteiger partial charge on any atom is 0.264 e. The molecule has 0 radical (unpaired) electrons. The average molecular weight is 515 g/mol. The van der Waals surface area contributed by atoms with Crippen molar-refractivity contribution in [3.63, 3.8) is 0 Å². The summed E-state index contributed by atoms with van der Waals surface area (Å²) in [6.45, 7) is 14.9. The Labute approximate surface area is 224 Å². The van der Waals surface area contributed by atoms with Gasteiger partial charge >= 0.3 is 0 Å². The molecule has 4 nitrogen and oxygen atoms in total. The molecule has 5 heteroatoms. The maximum absolute atomic E-state index is 14.2. The van der Waals surface area contributed by atoms with Crippen LogP contribution in [-0.4, -0.2) is 10.5 Å². The Balaban J connectivity index is 2.09. The number of nitrogens with one attached hydrogen (secondary N) is 1. The highest BCUT2D eigenvalue weighted by Crippen LogP contribution is 2.38. The lowest BCUT2D eigenvalue weighted by molar-refractivity contribution is 0.102. The fourth-order valence-corrected chi connectivity index (χ4v) is 5.28. The van der Waals surface area contributed by atoms with Crippen LogP contribution >= 0.6 is 11.6 Å². The number of carbonyl (C=O) groups is 1. The van der Waals surface area contributed by atoms with E-state index in [4.69, 9.17) is 11.6 Å². The number of carbonyl (C=O) groups excluding carboxylic acids is 1. The van der Waals surface area contributed by atoms with Crippen molar-refractivity contribution in [2.45, 2.75) is 66.8 Å². The zero-order valence-electron chi connectivity index (χ0n) is 22.7. The van der Waals surface area contributed by atoms with Gasteiger partial charge in [-0.1, -0.05) is 75.7 Å². The van der Waals surface area contributed by atoms with Gasteiger partial charge < -0.3 is 9.88 Å². The quantitative estimate of drug-likeness (QED) is 0.280. The van der Waals surface area contributed by atoms with Crippen molar-refractivity contribution in [3.8, 4) is 11.1 Å². The highest BCUT2D eigenvalue weighted by atomic mass is 35.5. The van der Waals surface area contributed by atoms with Crippen LogP contribution in [0.2, 0.25) is 5.02 Å². The van der Waals surface area contributed by atoms with Crippen LogP contribution in [0.25, 0.3) is 22.0 Å². The molecule has 0 aliphatic heterocycles. The molecule has 0 spiro atoms. The largest absolute Gasteiger partial charge is 0.321 e. The predicted molar refractivity (Wildman–Crippen MR) is 156 cm³/mol. The first-order chi connectivity index (χ1) is 17.6. The number of benzene rings is 3. The van der Waals surface area contributed by atoms with E-state index in [1.165, 1.54) is 0 Å². The molecule has 0 bridgehead atoms. The summed E-state index contributed by atoms with van der Waals surface area (Å²) in [5.41, 5.74) is 6.87. The van der Waals surface area contributed by atoms with Gasteiger partial charge in [0.25, 0.3) is 11.5 Å². The lowest BCUT2D eigenvalue weighted by atomic mass is 9.91. The summed E-state index contributed by atoms with van der Waals surface area (Å²) in [7, 11) is 0. The Bertz CT molecular complexity index is 1540. The Morgan fingerprint density at radius 1 is 0.919 bits per heavy atom. The molecule has 4 aromatic rings. The standard InChI is InChI=1S/C32H35ClN2O2/c1-8-35-27-17-21(7)20(6)16-25(27)28(24-12-9-10-15-26(24)33)29(32(35)37)31(36)34-30-22(18(2)3)13-11-14-23(30)19(4)5/h9-19H,8H2,1-7H3,(H,34,36). The van der Waals surface area contributed by atoms with Crippen molar-refractivity contribution in [1.29, 1.82) is 0 Å². The molecule has 1 heterocycles. The first kappa shape index (κ1) is 26.7. The Morgan fingerprint density at radius 3 is 2.08 bits per heavy atom. The highest BCUT2D eigenvalue weighted by Gasteiger charge is 2.26. The molecule has 0 saturated carbocycles. The Morgan fingerprint density at radius 2 is 1.51 bits per heavy atom. The van der Waals surface area contributed by atoms with Crippen molar-refractivity contribution >= 4 is 34.1 Å². The van der Waals surface area contributed by atoms with Crippen LogP contribution < -0.4 is 10.9 Å². The number of rotatable bonds is 6. The van der Waals surface area contributed by atoms with E-state index in [0.29, 0.717) is 22.7 Å². The van der Waals surface area contributed by atoms with E-state index in [9.17, 15) is 9.59 Å². The van der Waals surface area contributed by atoms with Crippen LogP contribution in [0, 0.1) is 13.8 Å². The first-order valence-electron chi connectivity index (χ1n) is 12.9. The normalized spacial score (nSPS) is 11.5. The van der Waals surface area contributed by atoms with Gasteiger partial charge in [0.05, 0.1) is 5.52 Å². The third-order valence-electron chi connectivity index (χ3n) is 7.18. The number of hydrogen-bond acceptors (Lipinski definition) is 2. The number of halogens is 1. The number of hydrogen-bond donors (Lipinski definition) is 1. The summed E-state index contributed by atoms with van der Waals surface area (Å²) in [5.74, 6) is -0.0182. The third kappa shape index (κ3) is 4.83. The van der Waals surface area contributed by atoms with E-state index in [1.54, 1.807) is 10.6 Å². The summed E-state index contributed by atoms with van der Waals surface area (Å²) in [4.78, 5) is 28.2. The number of anilines is 1. The molecular formula is C32H35ClN2O2. The van der Waals surface area contributed by atoms with Crippen molar-refractivity contribution in [1.82, 2.24) is 4.57 Å². The van der Waals surface area contributed by atoms with Gasteiger partial charge in [0.2, 0.25) is 0 Å². The molecule has 3 aromatic carbocycles. The van der Waals surface area contributed by atoms with Gasteiger partial charge in [0.15, 0.2) is 0 Å². The molecule has 0 fully saturated rings. The minimum atomic E-state index is -0.419. The summed E-state index contributed by atoms with van der Waals surface area (Å²) in [5, 5.41) is 4.51. The highest BCUT2D eigenvalue weighted by molar-refractivity contribution is 6.34. The van der Waals surface area contributed by atoms with Gasteiger partial charge in [-0.2, -0.15) is 0 Å². The van der Waals surface area contributed by atoms with Crippen LogP contribution in [0.5, 0.6) is 0 Å². The molecule has 192 valence electrons. The van der Waals surface area contributed by atoms with Crippen LogP contribution in [0.3, 0.4) is 0 Å². The Hall–Kier alpha value is -3.37. The minimum Gasteiger partial charge on any atom is -0.321 e. The number of aryl methyl sites for hydroxylation is 3. The molecule has 1 aromatic heterocycles. The van der Waals surface area contributed by atoms with Crippen molar-refractivity contribution < 1.29 is 4.79 Å². The van der Waals surface area contributed by atoms with Crippen molar-refractivity contribution in [2.75, 3.05) is 5.32 Å². The third-order valence-corrected chi connectivity index (χ3v) is 7.51. The van der Waals surface area contributed by atoms with Gasteiger partial charge in [-0.05, 0) is 73.1 Å². The van der Waals surface area contributed by atoms with Crippen LogP contribution in [0.4, 0.5) is 5.69 Å². The summed E-state index contributed by atoms with van der Waals surface area (Å²) in [6.07, 6.45) is 0. The van der Waals surface area contributed by atoms with Gasteiger partial charge in [-0.15, -0.1) is 0 Å².